The Bertz CT molecular complexity index is 785. The first-order chi connectivity index (χ1) is 12.6. The number of likely N-dealkylation sites (N-methyl/N-ethyl adjacent to an activating group) is 1. The van der Waals surface area contributed by atoms with Gasteiger partial charge in [0.15, 0.2) is 5.76 Å². The van der Waals surface area contributed by atoms with Crippen LogP contribution in [0.1, 0.15) is 28.8 Å². The standard InChI is InChI=1S/C19H23ClN2O3S/c1-2-21-9-11-22(12-10-21)19(23)18-8-7-16(25-18)14-26(24)13-15-5-3-4-6-17(15)20/h3-8H,2,9-14H2,1H3. The normalized spacial score (nSPS) is 16.6. The molecular formula is C19H23ClN2O3S. The van der Waals surface area contributed by atoms with E-state index in [-0.39, 0.29) is 11.7 Å². The summed E-state index contributed by atoms with van der Waals surface area (Å²) in [4.78, 5) is 16.7. The molecule has 1 unspecified atom stereocenters. The van der Waals surface area contributed by atoms with Gasteiger partial charge in [-0.3, -0.25) is 9.00 Å². The van der Waals surface area contributed by atoms with Crippen LogP contribution in [0.5, 0.6) is 0 Å². The van der Waals surface area contributed by atoms with Gasteiger partial charge in [-0.1, -0.05) is 36.7 Å². The Hall–Kier alpha value is -1.63. The van der Waals surface area contributed by atoms with Crippen LogP contribution in [0.2, 0.25) is 5.02 Å². The zero-order valence-corrected chi connectivity index (χ0v) is 16.4. The van der Waals surface area contributed by atoms with Crippen molar-refractivity contribution in [1.29, 1.82) is 0 Å². The lowest BCUT2D eigenvalue weighted by Crippen LogP contribution is -2.48. The molecule has 3 rings (SSSR count). The van der Waals surface area contributed by atoms with E-state index in [4.69, 9.17) is 16.0 Å². The summed E-state index contributed by atoms with van der Waals surface area (Å²) >= 11 is 6.11. The van der Waals surface area contributed by atoms with E-state index >= 15 is 0 Å². The molecule has 140 valence electrons. The summed E-state index contributed by atoms with van der Waals surface area (Å²) in [5.74, 6) is 1.42. The molecular weight excluding hydrogens is 372 g/mol. The number of piperazine rings is 1. The Kier molecular flexibility index (Phi) is 6.51. The van der Waals surface area contributed by atoms with Gasteiger partial charge in [0.1, 0.15) is 5.76 Å². The molecule has 1 fully saturated rings. The monoisotopic (exact) mass is 394 g/mol. The molecule has 7 heteroatoms. The van der Waals surface area contributed by atoms with Crippen LogP contribution >= 0.6 is 11.6 Å². The minimum Gasteiger partial charge on any atom is -0.455 e. The van der Waals surface area contributed by atoms with E-state index in [0.717, 1.165) is 25.2 Å². The summed E-state index contributed by atoms with van der Waals surface area (Å²) in [6.07, 6.45) is 0. The number of carbonyl (C=O) groups is 1. The highest BCUT2D eigenvalue weighted by atomic mass is 35.5. The Morgan fingerprint density at radius 2 is 1.85 bits per heavy atom. The third-order valence-electron chi connectivity index (χ3n) is 4.56. The van der Waals surface area contributed by atoms with Crippen molar-refractivity contribution in [2.24, 2.45) is 0 Å². The third kappa shape index (κ3) is 4.75. The lowest BCUT2D eigenvalue weighted by atomic mass is 10.2. The number of amides is 1. The highest BCUT2D eigenvalue weighted by Crippen LogP contribution is 2.19. The molecule has 1 aliphatic rings. The summed E-state index contributed by atoms with van der Waals surface area (Å²) in [5, 5.41) is 0.613. The largest absolute Gasteiger partial charge is 0.455 e. The molecule has 1 aromatic heterocycles. The highest BCUT2D eigenvalue weighted by molar-refractivity contribution is 7.83. The van der Waals surface area contributed by atoms with E-state index in [1.54, 1.807) is 18.2 Å². The predicted molar refractivity (Wildman–Crippen MR) is 104 cm³/mol. The van der Waals surface area contributed by atoms with Gasteiger partial charge >= 0.3 is 0 Å². The average Bonchev–Trinajstić information content (AvgIpc) is 3.11. The van der Waals surface area contributed by atoms with Gasteiger partial charge in [-0.2, -0.15) is 0 Å². The Morgan fingerprint density at radius 1 is 1.12 bits per heavy atom. The maximum absolute atomic E-state index is 12.5. The molecule has 0 aliphatic carbocycles. The SMILES string of the molecule is CCN1CCN(C(=O)c2ccc(CS(=O)Cc3ccccc3Cl)o2)CC1. The summed E-state index contributed by atoms with van der Waals surface area (Å²) in [5.41, 5.74) is 0.851. The van der Waals surface area contributed by atoms with E-state index < -0.39 is 10.8 Å². The van der Waals surface area contributed by atoms with Crippen LogP contribution in [0.15, 0.2) is 40.8 Å². The van der Waals surface area contributed by atoms with Gasteiger partial charge in [0.05, 0.1) is 11.5 Å². The molecule has 1 aromatic carbocycles. The topological polar surface area (TPSA) is 53.8 Å². The highest BCUT2D eigenvalue weighted by Gasteiger charge is 2.23. The molecule has 0 spiro atoms. The second-order valence-corrected chi connectivity index (χ2v) is 8.18. The number of hydrogen-bond donors (Lipinski definition) is 0. The number of rotatable bonds is 6. The lowest BCUT2D eigenvalue weighted by Gasteiger charge is -2.33. The Balaban J connectivity index is 1.57. The van der Waals surface area contributed by atoms with Crippen LogP contribution < -0.4 is 0 Å². The van der Waals surface area contributed by atoms with E-state index in [9.17, 15) is 9.00 Å². The fourth-order valence-corrected chi connectivity index (χ4v) is 4.45. The van der Waals surface area contributed by atoms with Gasteiger partial charge in [-0.05, 0) is 30.3 Å². The van der Waals surface area contributed by atoms with Crippen molar-refractivity contribution in [3.63, 3.8) is 0 Å². The number of nitrogens with zero attached hydrogens (tertiary/aromatic N) is 2. The summed E-state index contributed by atoms with van der Waals surface area (Å²) in [7, 11) is -1.15. The van der Waals surface area contributed by atoms with Gasteiger partial charge < -0.3 is 14.2 Å². The van der Waals surface area contributed by atoms with E-state index in [0.29, 0.717) is 35.4 Å². The maximum atomic E-state index is 12.5. The minimum atomic E-state index is -1.15. The van der Waals surface area contributed by atoms with E-state index in [1.807, 2.05) is 23.1 Å². The zero-order chi connectivity index (χ0) is 18.5. The lowest BCUT2D eigenvalue weighted by molar-refractivity contribution is 0.0611. The molecule has 26 heavy (non-hydrogen) atoms. The Morgan fingerprint density at radius 3 is 2.54 bits per heavy atom. The molecule has 1 atom stereocenters. The first-order valence-corrected chi connectivity index (χ1v) is 10.6. The molecule has 1 amide bonds. The predicted octanol–water partition coefficient (Wildman–Crippen LogP) is 3.16. The number of furan rings is 1. The minimum absolute atomic E-state index is 0.0936. The van der Waals surface area contributed by atoms with E-state index in [1.165, 1.54) is 0 Å². The molecule has 0 N–H and O–H groups in total. The van der Waals surface area contributed by atoms with Crippen LogP contribution in [0.4, 0.5) is 0 Å². The fourth-order valence-electron chi connectivity index (χ4n) is 2.99. The molecule has 1 saturated heterocycles. The van der Waals surface area contributed by atoms with Crippen LogP contribution in [0.3, 0.4) is 0 Å². The molecule has 2 aromatic rings. The van der Waals surface area contributed by atoms with Gasteiger partial charge in [-0.15, -0.1) is 0 Å². The smallest absolute Gasteiger partial charge is 0.289 e. The van der Waals surface area contributed by atoms with Gasteiger partial charge in [0.25, 0.3) is 5.91 Å². The van der Waals surface area contributed by atoms with Crippen molar-refractivity contribution in [1.82, 2.24) is 9.80 Å². The third-order valence-corrected chi connectivity index (χ3v) is 6.16. The average molecular weight is 395 g/mol. The number of hydrogen-bond acceptors (Lipinski definition) is 4. The number of carbonyl (C=O) groups excluding carboxylic acids is 1. The molecule has 5 nitrogen and oxygen atoms in total. The van der Waals surface area contributed by atoms with Crippen molar-refractivity contribution in [2.45, 2.75) is 18.4 Å². The molecule has 0 saturated carbocycles. The van der Waals surface area contributed by atoms with E-state index in [2.05, 4.69) is 11.8 Å². The van der Waals surface area contributed by atoms with Gasteiger partial charge in [0, 0.05) is 42.0 Å². The molecule has 0 bridgehead atoms. The Labute approximate surface area is 161 Å². The summed E-state index contributed by atoms with van der Waals surface area (Å²) < 4.78 is 18.0. The quantitative estimate of drug-likeness (QED) is 0.755. The summed E-state index contributed by atoms with van der Waals surface area (Å²) in [6.45, 7) is 6.32. The first kappa shape index (κ1) is 19.1. The van der Waals surface area contributed by atoms with Crippen molar-refractivity contribution in [3.8, 4) is 0 Å². The van der Waals surface area contributed by atoms with Gasteiger partial charge in [-0.25, -0.2) is 0 Å². The van der Waals surface area contributed by atoms with Crippen molar-refractivity contribution in [3.05, 3.63) is 58.5 Å². The van der Waals surface area contributed by atoms with Crippen LogP contribution in [-0.4, -0.2) is 52.6 Å². The van der Waals surface area contributed by atoms with Crippen LogP contribution in [-0.2, 0) is 22.3 Å². The molecule has 2 heterocycles. The maximum Gasteiger partial charge on any atom is 0.289 e. The van der Waals surface area contributed by atoms with Crippen molar-refractivity contribution >= 4 is 28.3 Å². The molecule has 1 aliphatic heterocycles. The number of halogens is 1. The number of benzene rings is 1. The molecule has 0 radical (unpaired) electrons. The summed E-state index contributed by atoms with van der Waals surface area (Å²) in [6, 6.07) is 10.8. The second kappa shape index (κ2) is 8.84. The van der Waals surface area contributed by atoms with Gasteiger partial charge in [0.2, 0.25) is 0 Å². The van der Waals surface area contributed by atoms with Crippen molar-refractivity contribution < 1.29 is 13.4 Å². The zero-order valence-electron chi connectivity index (χ0n) is 14.8. The first-order valence-electron chi connectivity index (χ1n) is 8.75. The van der Waals surface area contributed by atoms with Crippen LogP contribution in [0.25, 0.3) is 0 Å². The van der Waals surface area contributed by atoms with Crippen molar-refractivity contribution in [2.75, 3.05) is 32.7 Å². The second-order valence-electron chi connectivity index (χ2n) is 6.31. The van der Waals surface area contributed by atoms with Crippen LogP contribution in [0, 0.1) is 0 Å². The fraction of sp³-hybridized carbons (Fsp3) is 0.421.